The van der Waals surface area contributed by atoms with E-state index in [0.29, 0.717) is 5.56 Å². The number of rotatable bonds is 2. The van der Waals surface area contributed by atoms with Gasteiger partial charge in [0, 0.05) is 23.1 Å². The second kappa shape index (κ2) is 6.25. The van der Waals surface area contributed by atoms with E-state index in [1.807, 2.05) is 38.1 Å². The lowest BCUT2D eigenvalue weighted by atomic mass is 10.2. The first-order chi connectivity index (χ1) is 9.56. The zero-order valence-corrected chi connectivity index (χ0v) is 12.1. The van der Waals surface area contributed by atoms with Crippen LogP contribution in [0.2, 0.25) is 0 Å². The molecule has 1 amide bonds. The fraction of sp³-hybridized carbons (Fsp3) is 0.133. The summed E-state index contributed by atoms with van der Waals surface area (Å²) in [4.78, 5) is 16.1. The monoisotopic (exact) mass is 285 g/mol. The lowest BCUT2D eigenvalue weighted by molar-refractivity contribution is 0.0977. The van der Waals surface area contributed by atoms with Crippen molar-refractivity contribution in [3.05, 3.63) is 59.4 Å². The molecular weight excluding hydrogens is 270 g/mol. The van der Waals surface area contributed by atoms with Crippen molar-refractivity contribution in [3.8, 4) is 0 Å². The van der Waals surface area contributed by atoms with Crippen LogP contribution < -0.4 is 10.6 Å². The van der Waals surface area contributed by atoms with Crippen molar-refractivity contribution in [2.75, 3.05) is 5.32 Å². The summed E-state index contributed by atoms with van der Waals surface area (Å²) in [6.07, 6.45) is 1.76. The summed E-state index contributed by atoms with van der Waals surface area (Å²) in [6, 6.07) is 10.8. The Balaban J connectivity index is 2.03. The van der Waals surface area contributed by atoms with Crippen LogP contribution in [-0.2, 0) is 0 Å². The molecule has 0 aliphatic heterocycles. The lowest BCUT2D eigenvalue weighted by Gasteiger charge is -2.12. The number of pyridine rings is 1. The normalized spacial score (nSPS) is 9.90. The molecule has 102 valence electrons. The predicted octanol–water partition coefficient (Wildman–Crippen LogP) is 2.83. The van der Waals surface area contributed by atoms with E-state index in [1.54, 1.807) is 18.3 Å². The van der Waals surface area contributed by atoms with E-state index in [0.717, 1.165) is 16.9 Å². The molecule has 4 nitrogen and oxygen atoms in total. The zero-order valence-electron chi connectivity index (χ0n) is 11.3. The first kappa shape index (κ1) is 14.1. The quantitative estimate of drug-likeness (QED) is 0.833. The molecular formula is C15H15N3OS. The van der Waals surface area contributed by atoms with Gasteiger partial charge in [-0.1, -0.05) is 18.2 Å². The number of nitrogens with zero attached hydrogens (tertiary/aromatic N) is 1. The van der Waals surface area contributed by atoms with Gasteiger partial charge in [-0.15, -0.1) is 0 Å². The number of thiocarbonyl (C=S) groups is 1. The first-order valence-electron chi connectivity index (χ1n) is 6.17. The van der Waals surface area contributed by atoms with Crippen molar-refractivity contribution in [1.29, 1.82) is 0 Å². The van der Waals surface area contributed by atoms with Gasteiger partial charge >= 0.3 is 0 Å². The number of nitrogens with one attached hydrogen (secondary N) is 2. The number of anilines is 1. The van der Waals surface area contributed by atoms with Crippen LogP contribution in [0.5, 0.6) is 0 Å². The van der Waals surface area contributed by atoms with E-state index in [9.17, 15) is 4.79 Å². The van der Waals surface area contributed by atoms with Crippen LogP contribution in [0.3, 0.4) is 0 Å². The molecule has 20 heavy (non-hydrogen) atoms. The van der Waals surface area contributed by atoms with Gasteiger partial charge in [0.15, 0.2) is 5.11 Å². The van der Waals surface area contributed by atoms with Crippen LogP contribution in [0.4, 0.5) is 5.69 Å². The number of carbonyl (C=O) groups is 1. The molecule has 2 N–H and O–H groups in total. The van der Waals surface area contributed by atoms with Crippen LogP contribution in [0.15, 0.2) is 42.6 Å². The Bertz CT molecular complexity index is 641. The minimum Gasteiger partial charge on any atom is -0.332 e. The van der Waals surface area contributed by atoms with Gasteiger partial charge in [-0.05, 0) is 49.8 Å². The number of amides is 1. The lowest BCUT2D eigenvalue weighted by Crippen LogP contribution is -2.34. The Hall–Kier alpha value is -2.27. The molecule has 0 bridgehead atoms. The Morgan fingerprint density at radius 1 is 1.20 bits per heavy atom. The Morgan fingerprint density at radius 2 is 1.90 bits per heavy atom. The maximum absolute atomic E-state index is 11.9. The van der Waals surface area contributed by atoms with E-state index in [2.05, 4.69) is 15.6 Å². The highest BCUT2D eigenvalue weighted by atomic mass is 32.1. The minimum absolute atomic E-state index is 0.230. The molecule has 1 aromatic carbocycles. The third-order valence-electron chi connectivity index (χ3n) is 2.75. The third-order valence-corrected chi connectivity index (χ3v) is 2.96. The average Bonchev–Trinajstić information content (AvgIpc) is 2.43. The van der Waals surface area contributed by atoms with E-state index >= 15 is 0 Å². The van der Waals surface area contributed by atoms with Crippen molar-refractivity contribution < 1.29 is 4.79 Å². The topological polar surface area (TPSA) is 54.0 Å². The molecule has 0 saturated carbocycles. The highest BCUT2D eigenvalue weighted by Gasteiger charge is 2.08. The molecule has 2 rings (SSSR count). The fourth-order valence-electron chi connectivity index (χ4n) is 1.68. The third kappa shape index (κ3) is 3.61. The summed E-state index contributed by atoms with van der Waals surface area (Å²) < 4.78 is 0. The van der Waals surface area contributed by atoms with Gasteiger partial charge in [-0.25, -0.2) is 0 Å². The summed E-state index contributed by atoms with van der Waals surface area (Å²) in [5.74, 6) is -0.230. The largest absolute Gasteiger partial charge is 0.332 e. The SMILES string of the molecule is Cc1cc(NC(=S)NC(=O)c2ccccc2)c(C)cn1. The molecule has 0 spiro atoms. The second-order valence-electron chi connectivity index (χ2n) is 4.41. The first-order valence-corrected chi connectivity index (χ1v) is 6.58. The molecule has 0 aliphatic rings. The summed E-state index contributed by atoms with van der Waals surface area (Å²) in [6.45, 7) is 3.83. The van der Waals surface area contributed by atoms with Crippen LogP contribution in [0.25, 0.3) is 0 Å². The van der Waals surface area contributed by atoms with Gasteiger partial charge < -0.3 is 5.32 Å². The summed E-state index contributed by atoms with van der Waals surface area (Å²) in [5, 5.41) is 5.93. The molecule has 1 aromatic heterocycles. The van der Waals surface area contributed by atoms with Crippen LogP contribution in [0.1, 0.15) is 21.6 Å². The number of benzene rings is 1. The van der Waals surface area contributed by atoms with Crippen molar-refractivity contribution in [2.24, 2.45) is 0 Å². The zero-order chi connectivity index (χ0) is 14.5. The summed E-state index contributed by atoms with van der Waals surface area (Å²) >= 11 is 5.15. The number of carbonyl (C=O) groups excluding carboxylic acids is 1. The van der Waals surface area contributed by atoms with Gasteiger partial charge in [0.25, 0.3) is 5.91 Å². The maximum atomic E-state index is 11.9. The highest BCUT2D eigenvalue weighted by Crippen LogP contribution is 2.14. The number of hydrogen-bond donors (Lipinski definition) is 2. The van der Waals surface area contributed by atoms with E-state index in [1.165, 1.54) is 0 Å². The van der Waals surface area contributed by atoms with E-state index in [4.69, 9.17) is 12.2 Å². The van der Waals surface area contributed by atoms with Crippen molar-refractivity contribution in [1.82, 2.24) is 10.3 Å². The molecule has 0 saturated heterocycles. The van der Waals surface area contributed by atoms with Gasteiger partial charge in [0.05, 0.1) is 0 Å². The second-order valence-corrected chi connectivity index (χ2v) is 4.82. The molecule has 0 aliphatic carbocycles. The summed E-state index contributed by atoms with van der Waals surface area (Å²) in [5.41, 5.74) is 3.26. The fourth-order valence-corrected chi connectivity index (χ4v) is 1.88. The number of aryl methyl sites for hydroxylation is 2. The Morgan fingerprint density at radius 3 is 2.60 bits per heavy atom. The van der Waals surface area contributed by atoms with Gasteiger partial charge in [0.2, 0.25) is 0 Å². The predicted molar refractivity (Wildman–Crippen MR) is 83.8 cm³/mol. The molecule has 2 aromatic rings. The average molecular weight is 285 g/mol. The minimum atomic E-state index is -0.230. The molecule has 0 fully saturated rings. The van der Waals surface area contributed by atoms with Crippen molar-refractivity contribution in [3.63, 3.8) is 0 Å². The number of aromatic nitrogens is 1. The van der Waals surface area contributed by atoms with E-state index < -0.39 is 0 Å². The maximum Gasteiger partial charge on any atom is 0.257 e. The van der Waals surface area contributed by atoms with Gasteiger partial charge in [-0.3, -0.25) is 15.1 Å². The smallest absolute Gasteiger partial charge is 0.257 e. The van der Waals surface area contributed by atoms with Crippen LogP contribution >= 0.6 is 12.2 Å². The van der Waals surface area contributed by atoms with Gasteiger partial charge in [-0.2, -0.15) is 0 Å². The highest BCUT2D eigenvalue weighted by molar-refractivity contribution is 7.80. The molecule has 0 unspecified atom stereocenters. The molecule has 1 heterocycles. The summed E-state index contributed by atoms with van der Waals surface area (Å²) in [7, 11) is 0. The van der Waals surface area contributed by atoms with Crippen molar-refractivity contribution >= 4 is 28.9 Å². The Labute approximate surface area is 123 Å². The molecule has 0 radical (unpaired) electrons. The molecule has 5 heteroatoms. The van der Waals surface area contributed by atoms with E-state index in [-0.39, 0.29) is 11.0 Å². The van der Waals surface area contributed by atoms with Crippen molar-refractivity contribution in [2.45, 2.75) is 13.8 Å². The van der Waals surface area contributed by atoms with Crippen LogP contribution in [0, 0.1) is 13.8 Å². The van der Waals surface area contributed by atoms with Crippen LogP contribution in [-0.4, -0.2) is 16.0 Å². The Kier molecular flexibility index (Phi) is 4.42. The van der Waals surface area contributed by atoms with Gasteiger partial charge in [0.1, 0.15) is 0 Å². The molecule has 0 atom stereocenters. The standard InChI is InChI=1S/C15H15N3OS/c1-10-9-16-11(2)8-13(10)17-15(20)18-14(19)12-6-4-3-5-7-12/h3-9H,1-2H3,(H2,16,17,18,19,20). The number of hydrogen-bond acceptors (Lipinski definition) is 3.